The van der Waals surface area contributed by atoms with Gasteiger partial charge in [-0.05, 0) is 24.3 Å². The summed E-state index contributed by atoms with van der Waals surface area (Å²) in [5.41, 5.74) is 11.7. The Morgan fingerprint density at radius 2 is 1.07 bits per heavy atom. The van der Waals surface area contributed by atoms with Crippen LogP contribution in [-0.2, 0) is 0 Å². The Hall–Kier alpha value is -1.61. The van der Waals surface area contributed by atoms with E-state index in [0.717, 1.165) is 9.81 Å². The van der Waals surface area contributed by atoms with Crippen LogP contribution < -0.4 is 11.5 Å². The van der Waals surface area contributed by atoms with Crippen LogP contribution in [0.4, 0.5) is 0 Å². The minimum atomic E-state index is 0.494. The zero-order chi connectivity index (χ0) is 11.8. The summed E-state index contributed by atoms with van der Waals surface area (Å²) < 4.78 is 0. The second-order valence-corrected chi connectivity index (χ2v) is 4.10. The second kappa shape index (κ2) is 6.79. The molecule has 0 rings (SSSR count). The lowest BCUT2D eigenvalue weighted by molar-refractivity contribution is 1.45. The molecule has 0 aromatic heterocycles. The van der Waals surface area contributed by atoms with Gasteiger partial charge in [-0.25, -0.2) is 0 Å². The van der Waals surface area contributed by atoms with Gasteiger partial charge in [-0.1, -0.05) is 38.1 Å². The molecule has 15 heavy (non-hydrogen) atoms. The van der Waals surface area contributed by atoms with Crippen molar-refractivity contribution in [1.82, 2.24) is 0 Å². The largest absolute Gasteiger partial charge is 0.399 e. The molecule has 0 fully saturated rings. The average molecular weight is 220 g/mol. The van der Waals surface area contributed by atoms with Crippen molar-refractivity contribution >= 4 is 11.8 Å². The highest BCUT2D eigenvalue weighted by molar-refractivity contribution is 8.07. The normalized spacial score (nSPS) is 10.7. The number of thioether (sulfide) groups is 1. The van der Waals surface area contributed by atoms with Crippen molar-refractivity contribution in [3.63, 3.8) is 0 Å². The number of rotatable bonds is 6. The van der Waals surface area contributed by atoms with Gasteiger partial charge in [0.25, 0.3) is 0 Å². The van der Waals surface area contributed by atoms with Crippen LogP contribution in [0.5, 0.6) is 0 Å². The van der Waals surface area contributed by atoms with E-state index in [4.69, 9.17) is 11.5 Å². The van der Waals surface area contributed by atoms with E-state index >= 15 is 0 Å². The van der Waals surface area contributed by atoms with Crippen LogP contribution in [0, 0.1) is 0 Å². The summed E-state index contributed by atoms with van der Waals surface area (Å²) in [6.07, 6.45) is 6.94. The number of allylic oxidation sites excluding steroid dienone is 4. The zero-order valence-corrected chi connectivity index (χ0v) is 9.52. The van der Waals surface area contributed by atoms with Gasteiger partial charge in [-0.2, -0.15) is 0 Å². The third-order valence-electron chi connectivity index (χ3n) is 1.23. The smallest absolute Gasteiger partial charge is 0.0241 e. The SMILES string of the molecule is C=C(N)/C=C\C(=C)SC(=C)/C=C\C(=C)N. The molecule has 0 saturated carbocycles. The maximum Gasteiger partial charge on any atom is 0.0241 e. The van der Waals surface area contributed by atoms with Gasteiger partial charge in [0.05, 0.1) is 0 Å². The Kier molecular flexibility index (Phi) is 6.06. The molecule has 0 heterocycles. The molecule has 3 heteroatoms. The molecule has 0 aromatic rings. The van der Waals surface area contributed by atoms with Crippen molar-refractivity contribution in [2.75, 3.05) is 0 Å². The van der Waals surface area contributed by atoms with Crippen LogP contribution >= 0.6 is 11.8 Å². The third-order valence-corrected chi connectivity index (χ3v) is 2.03. The predicted octanol–water partition coefficient (Wildman–Crippen LogP) is 2.80. The summed E-state index contributed by atoms with van der Waals surface area (Å²) in [7, 11) is 0. The van der Waals surface area contributed by atoms with Crippen molar-refractivity contribution in [2.24, 2.45) is 11.5 Å². The maximum absolute atomic E-state index is 5.37. The second-order valence-electron chi connectivity index (χ2n) is 2.85. The van der Waals surface area contributed by atoms with E-state index in [9.17, 15) is 0 Å². The fraction of sp³-hybridized carbons (Fsp3) is 0. The van der Waals surface area contributed by atoms with Crippen LogP contribution in [0.25, 0.3) is 0 Å². The Morgan fingerprint density at radius 1 is 0.733 bits per heavy atom. The third kappa shape index (κ3) is 8.71. The van der Waals surface area contributed by atoms with E-state index in [1.807, 2.05) is 0 Å². The van der Waals surface area contributed by atoms with Crippen LogP contribution in [0.15, 0.2) is 71.8 Å². The molecule has 0 atom stereocenters. The monoisotopic (exact) mass is 220 g/mol. The first-order valence-corrected chi connectivity index (χ1v) is 5.04. The van der Waals surface area contributed by atoms with Crippen LogP contribution in [-0.4, -0.2) is 0 Å². The van der Waals surface area contributed by atoms with Gasteiger partial charge >= 0.3 is 0 Å². The maximum atomic E-state index is 5.37. The molecule has 0 aromatic carbocycles. The van der Waals surface area contributed by atoms with Gasteiger partial charge in [0.2, 0.25) is 0 Å². The summed E-state index contributed by atoms with van der Waals surface area (Å²) in [6.45, 7) is 14.7. The summed E-state index contributed by atoms with van der Waals surface area (Å²) in [4.78, 5) is 1.66. The Bertz CT molecular complexity index is 315. The fourth-order valence-electron chi connectivity index (χ4n) is 0.636. The van der Waals surface area contributed by atoms with Crippen molar-refractivity contribution in [1.29, 1.82) is 0 Å². The molecule has 0 aliphatic rings. The lowest BCUT2D eigenvalue weighted by Crippen LogP contribution is -1.88. The highest BCUT2D eigenvalue weighted by atomic mass is 32.2. The van der Waals surface area contributed by atoms with E-state index in [1.165, 1.54) is 11.8 Å². The topological polar surface area (TPSA) is 52.0 Å². The van der Waals surface area contributed by atoms with Crippen LogP contribution in [0.3, 0.4) is 0 Å². The fourth-order valence-corrected chi connectivity index (χ4v) is 1.25. The molecule has 4 N–H and O–H groups in total. The van der Waals surface area contributed by atoms with Gasteiger partial charge in [0, 0.05) is 21.2 Å². The molecular formula is C12H16N2S. The highest BCUT2D eigenvalue weighted by Gasteiger charge is 1.92. The van der Waals surface area contributed by atoms with E-state index < -0.39 is 0 Å². The van der Waals surface area contributed by atoms with Crippen LogP contribution in [0.1, 0.15) is 0 Å². The summed E-state index contributed by atoms with van der Waals surface area (Å²) >= 11 is 1.43. The Morgan fingerprint density at radius 3 is 1.33 bits per heavy atom. The van der Waals surface area contributed by atoms with Gasteiger partial charge < -0.3 is 11.5 Å². The molecule has 0 bridgehead atoms. The van der Waals surface area contributed by atoms with E-state index in [0.29, 0.717) is 11.4 Å². The van der Waals surface area contributed by atoms with E-state index in [-0.39, 0.29) is 0 Å². The molecule has 0 aliphatic heterocycles. The standard InChI is InChI=1S/C12H16N2S/c1-9(13)5-7-11(3)15-12(4)8-6-10(2)14/h5-8H,1-4,13-14H2/b7-5-,8-6-. The number of hydrogen-bond donors (Lipinski definition) is 2. The lowest BCUT2D eigenvalue weighted by Gasteiger charge is -1.99. The summed E-state index contributed by atoms with van der Waals surface area (Å²) in [6, 6.07) is 0. The number of nitrogens with two attached hydrogens (primary N) is 2. The number of hydrogen-bond acceptors (Lipinski definition) is 3. The first-order chi connectivity index (χ1) is 6.91. The lowest BCUT2D eigenvalue weighted by atomic mass is 10.4. The molecule has 2 nitrogen and oxygen atoms in total. The van der Waals surface area contributed by atoms with Gasteiger partial charge in [0.15, 0.2) is 0 Å². The molecule has 80 valence electrons. The van der Waals surface area contributed by atoms with Crippen LogP contribution in [0.2, 0.25) is 0 Å². The summed E-state index contributed by atoms with van der Waals surface area (Å²) in [5.74, 6) is 0. The molecule has 0 amide bonds. The first-order valence-electron chi connectivity index (χ1n) is 4.22. The minimum Gasteiger partial charge on any atom is -0.399 e. The van der Waals surface area contributed by atoms with Gasteiger partial charge in [-0.15, -0.1) is 0 Å². The highest BCUT2D eigenvalue weighted by Crippen LogP contribution is 2.24. The van der Waals surface area contributed by atoms with E-state index in [1.54, 1.807) is 24.3 Å². The van der Waals surface area contributed by atoms with Gasteiger partial charge in [0.1, 0.15) is 0 Å². The molecule has 0 unspecified atom stereocenters. The van der Waals surface area contributed by atoms with Crippen molar-refractivity contribution in [3.8, 4) is 0 Å². The molecule has 0 saturated heterocycles. The van der Waals surface area contributed by atoms with Crippen molar-refractivity contribution < 1.29 is 0 Å². The summed E-state index contributed by atoms with van der Waals surface area (Å²) in [5, 5.41) is 0. The quantitative estimate of drug-likeness (QED) is 0.677. The first kappa shape index (κ1) is 13.4. The van der Waals surface area contributed by atoms with E-state index in [2.05, 4.69) is 26.3 Å². The molecule has 0 radical (unpaired) electrons. The Balaban J connectivity index is 4.14. The average Bonchev–Trinajstić information content (AvgIpc) is 2.11. The molecule has 0 aliphatic carbocycles. The van der Waals surface area contributed by atoms with Crippen molar-refractivity contribution in [3.05, 3.63) is 71.8 Å². The predicted molar refractivity (Wildman–Crippen MR) is 70.8 cm³/mol. The molecule has 0 spiro atoms. The zero-order valence-electron chi connectivity index (χ0n) is 8.70. The van der Waals surface area contributed by atoms with Gasteiger partial charge in [-0.3, -0.25) is 0 Å². The molecular weight excluding hydrogens is 204 g/mol. The Labute approximate surface area is 95.4 Å². The minimum absolute atomic E-state index is 0.494. The van der Waals surface area contributed by atoms with Crippen molar-refractivity contribution in [2.45, 2.75) is 0 Å².